The molecule has 1 aliphatic heterocycles. The molecule has 0 fully saturated rings. The van der Waals surface area contributed by atoms with Gasteiger partial charge in [-0.3, -0.25) is 4.72 Å². The molecule has 0 aromatic heterocycles. The maximum absolute atomic E-state index is 13.3. The number of hydrogen-bond donors (Lipinski definition) is 2. The Balaban J connectivity index is 1.51. The average Bonchev–Trinajstić information content (AvgIpc) is 3.38. The van der Waals surface area contributed by atoms with Crippen molar-refractivity contribution in [2.75, 3.05) is 31.4 Å². The highest BCUT2D eigenvalue weighted by atomic mass is 32.2. The van der Waals surface area contributed by atoms with E-state index in [2.05, 4.69) is 28.3 Å². The molecule has 5 rings (SSSR count). The molecule has 3 aromatic rings. The van der Waals surface area contributed by atoms with E-state index in [0.717, 1.165) is 23.2 Å². The molecule has 1 aliphatic carbocycles. The normalized spacial score (nSPS) is 20.4. The number of anilines is 2. The third kappa shape index (κ3) is 4.08. The minimum absolute atomic E-state index is 0.0123. The zero-order valence-corrected chi connectivity index (χ0v) is 20.6. The van der Waals surface area contributed by atoms with Crippen LogP contribution in [0.25, 0.3) is 0 Å². The van der Waals surface area contributed by atoms with E-state index in [1.807, 2.05) is 18.2 Å². The lowest BCUT2D eigenvalue weighted by Crippen LogP contribution is -2.29. The lowest BCUT2D eigenvalue weighted by Gasteiger charge is -2.38. The predicted molar refractivity (Wildman–Crippen MR) is 136 cm³/mol. The van der Waals surface area contributed by atoms with Gasteiger partial charge in [0, 0.05) is 17.2 Å². The van der Waals surface area contributed by atoms with Gasteiger partial charge < -0.3 is 19.5 Å². The van der Waals surface area contributed by atoms with Crippen LogP contribution in [0.1, 0.15) is 29.5 Å². The van der Waals surface area contributed by atoms with Crippen LogP contribution in [0.5, 0.6) is 17.2 Å². The van der Waals surface area contributed by atoms with Gasteiger partial charge in [-0.25, -0.2) is 8.42 Å². The first-order chi connectivity index (χ1) is 17.0. The number of fused-ring (bicyclic) bond motifs is 3. The second-order valence-corrected chi connectivity index (χ2v) is 10.3. The van der Waals surface area contributed by atoms with Gasteiger partial charge in [-0.15, -0.1) is 0 Å². The van der Waals surface area contributed by atoms with Gasteiger partial charge in [-0.1, -0.05) is 36.4 Å². The summed E-state index contributed by atoms with van der Waals surface area (Å²) in [6.07, 6.45) is 5.21. The van der Waals surface area contributed by atoms with Crippen molar-refractivity contribution >= 4 is 21.4 Å². The molecule has 0 spiro atoms. The summed E-state index contributed by atoms with van der Waals surface area (Å²) in [5.41, 5.74) is 3.29. The third-order valence-electron chi connectivity index (χ3n) is 6.76. The minimum Gasteiger partial charge on any atom is -0.495 e. The highest BCUT2D eigenvalue weighted by Gasteiger charge is 2.40. The molecule has 2 N–H and O–H groups in total. The summed E-state index contributed by atoms with van der Waals surface area (Å²) >= 11 is 0. The van der Waals surface area contributed by atoms with Crippen molar-refractivity contribution in [3.8, 4) is 17.2 Å². The van der Waals surface area contributed by atoms with Crippen LogP contribution in [-0.2, 0) is 10.0 Å². The highest BCUT2D eigenvalue weighted by molar-refractivity contribution is 7.92. The Morgan fingerprint density at radius 1 is 0.886 bits per heavy atom. The Morgan fingerprint density at radius 3 is 2.43 bits per heavy atom. The number of para-hydroxylation sites is 3. The van der Waals surface area contributed by atoms with Gasteiger partial charge in [0.05, 0.1) is 38.0 Å². The summed E-state index contributed by atoms with van der Waals surface area (Å²) < 4.78 is 45.7. The van der Waals surface area contributed by atoms with Gasteiger partial charge in [-0.2, -0.15) is 0 Å². The molecule has 0 unspecified atom stereocenters. The minimum atomic E-state index is -3.81. The first-order valence-corrected chi connectivity index (χ1v) is 12.9. The van der Waals surface area contributed by atoms with Crippen LogP contribution in [0.4, 0.5) is 11.4 Å². The second kappa shape index (κ2) is 9.19. The number of rotatable bonds is 7. The molecule has 0 saturated heterocycles. The fourth-order valence-electron chi connectivity index (χ4n) is 5.14. The quantitative estimate of drug-likeness (QED) is 0.433. The summed E-state index contributed by atoms with van der Waals surface area (Å²) in [4.78, 5) is 0.209. The Hall–Kier alpha value is -3.65. The van der Waals surface area contributed by atoms with Crippen molar-refractivity contribution in [2.45, 2.75) is 23.3 Å². The van der Waals surface area contributed by atoms with Crippen LogP contribution < -0.4 is 24.2 Å². The number of allylic oxidation sites excluding steroid dienone is 2. The average molecular weight is 493 g/mol. The van der Waals surface area contributed by atoms with Gasteiger partial charge >= 0.3 is 0 Å². The van der Waals surface area contributed by atoms with E-state index in [0.29, 0.717) is 22.9 Å². The number of benzene rings is 3. The number of sulfonamides is 1. The summed E-state index contributed by atoms with van der Waals surface area (Å²) in [6, 6.07) is 18.1. The van der Waals surface area contributed by atoms with Gasteiger partial charge in [0.15, 0.2) is 11.5 Å². The largest absolute Gasteiger partial charge is 0.495 e. The Morgan fingerprint density at radius 2 is 1.66 bits per heavy atom. The molecule has 35 heavy (non-hydrogen) atoms. The van der Waals surface area contributed by atoms with Crippen LogP contribution in [0.2, 0.25) is 0 Å². The van der Waals surface area contributed by atoms with E-state index in [1.54, 1.807) is 50.6 Å². The van der Waals surface area contributed by atoms with Crippen LogP contribution in [0.15, 0.2) is 77.7 Å². The van der Waals surface area contributed by atoms with Crippen LogP contribution in [-0.4, -0.2) is 29.7 Å². The zero-order valence-electron chi connectivity index (χ0n) is 19.8. The fraction of sp³-hybridized carbons (Fsp3) is 0.259. The van der Waals surface area contributed by atoms with Gasteiger partial charge in [0.1, 0.15) is 5.75 Å². The SMILES string of the molecule is COc1ccccc1NS(=O)(=O)c1ccc2c(c1)[C@H]1C=CC[C@H]1[C@@H](c1cccc(OC)c1OC)N2. The maximum atomic E-state index is 13.3. The molecule has 0 amide bonds. The second-order valence-electron chi connectivity index (χ2n) is 8.61. The zero-order chi connectivity index (χ0) is 24.6. The molecule has 0 radical (unpaired) electrons. The van der Waals surface area contributed by atoms with Gasteiger partial charge in [0.2, 0.25) is 0 Å². The van der Waals surface area contributed by atoms with Crippen LogP contribution in [0.3, 0.4) is 0 Å². The van der Waals surface area contributed by atoms with Crippen molar-refractivity contribution in [3.63, 3.8) is 0 Å². The molecular weight excluding hydrogens is 464 g/mol. The maximum Gasteiger partial charge on any atom is 0.262 e. The predicted octanol–water partition coefficient (Wildman–Crippen LogP) is 5.34. The Bertz CT molecular complexity index is 1390. The summed E-state index contributed by atoms with van der Waals surface area (Å²) in [6.45, 7) is 0. The van der Waals surface area contributed by atoms with Gasteiger partial charge in [0.25, 0.3) is 10.0 Å². The molecular formula is C27H28N2O5S. The number of nitrogens with one attached hydrogen (secondary N) is 2. The van der Waals surface area contributed by atoms with E-state index in [9.17, 15) is 8.42 Å². The summed E-state index contributed by atoms with van der Waals surface area (Å²) in [7, 11) is 0.978. The monoisotopic (exact) mass is 492 g/mol. The van der Waals surface area contributed by atoms with E-state index in [4.69, 9.17) is 14.2 Å². The van der Waals surface area contributed by atoms with Gasteiger partial charge in [-0.05, 0) is 54.3 Å². The third-order valence-corrected chi connectivity index (χ3v) is 8.13. The fourth-order valence-corrected chi connectivity index (χ4v) is 6.24. The summed E-state index contributed by atoms with van der Waals surface area (Å²) in [5.74, 6) is 2.15. The van der Waals surface area contributed by atoms with Crippen LogP contribution in [0, 0.1) is 5.92 Å². The molecule has 2 aliphatic rings. The number of hydrogen-bond acceptors (Lipinski definition) is 6. The molecule has 7 nitrogen and oxygen atoms in total. The topological polar surface area (TPSA) is 85.9 Å². The Labute approximate surface area is 205 Å². The molecule has 3 atom stereocenters. The molecule has 0 bridgehead atoms. The van der Waals surface area contributed by atoms with E-state index in [-0.39, 0.29) is 22.8 Å². The Kier molecular flexibility index (Phi) is 6.06. The lowest BCUT2D eigenvalue weighted by atomic mass is 9.77. The van der Waals surface area contributed by atoms with Crippen molar-refractivity contribution in [3.05, 3.63) is 83.9 Å². The van der Waals surface area contributed by atoms with E-state index >= 15 is 0 Å². The number of methoxy groups -OCH3 is 3. The van der Waals surface area contributed by atoms with Crippen LogP contribution >= 0.6 is 0 Å². The molecule has 8 heteroatoms. The first-order valence-electron chi connectivity index (χ1n) is 11.4. The molecule has 0 saturated carbocycles. The standard InChI is InChI=1S/C27H28N2O5S/c1-32-24-12-5-4-11-23(24)29-35(30,31)17-14-15-22-21(16-17)18-8-6-9-19(18)26(28-22)20-10-7-13-25(33-2)27(20)34-3/h4-8,10-16,18-19,26,28-29H,9H2,1-3H3/t18-,19+,26-/m0/s1. The lowest BCUT2D eigenvalue weighted by molar-refractivity contribution is 0.341. The smallest absolute Gasteiger partial charge is 0.262 e. The summed E-state index contributed by atoms with van der Waals surface area (Å²) in [5, 5.41) is 3.65. The van der Waals surface area contributed by atoms with Crippen molar-refractivity contribution < 1.29 is 22.6 Å². The molecule has 3 aromatic carbocycles. The molecule has 182 valence electrons. The number of ether oxygens (including phenoxy) is 3. The highest BCUT2D eigenvalue weighted by Crippen LogP contribution is 2.52. The van der Waals surface area contributed by atoms with E-state index in [1.165, 1.54) is 7.11 Å². The van der Waals surface area contributed by atoms with E-state index < -0.39 is 10.0 Å². The molecule has 1 heterocycles. The van der Waals surface area contributed by atoms with Crippen molar-refractivity contribution in [2.24, 2.45) is 5.92 Å². The first kappa shape index (κ1) is 23.1. The van der Waals surface area contributed by atoms with Crippen molar-refractivity contribution in [1.82, 2.24) is 0 Å². The van der Waals surface area contributed by atoms with Crippen molar-refractivity contribution in [1.29, 1.82) is 0 Å².